The van der Waals surface area contributed by atoms with Gasteiger partial charge in [0.25, 0.3) is 0 Å². The highest BCUT2D eigenvalue weighted by Gasteiger charge is 2.21. The van der Waals surface area contributed by atoms with Crippen LogP contribution in [0.1, 0.15) is 33.4 Å². The summed E-state index contributed by atoms with van der Waals surface area (Å²) in [6, 6.07) is 63.2. The van der Waals surface area contributed by atoms with E-state index in [1.807, 2.05) is 48.5 Å². The van der Waals surface area contributed by atoms with Crippen molar-refractivity contribution < 1.29 is 0 Å². The first-order chi connectivity index (χ1) is 32.5. The lowest BCUT2D eigenvalue weighted by atomic mass is 9.83. The Bertz CT molecular complexity index is 3880. The molecule has 10 aromatic carbocycles. The fourth-order valence-corrected chi connectivity index (χ4v) is 9.61. The Labute approximate surface area is 386 Å². The van der Waals surface area contributed by atoms with Gasteiger partial charge in [0.05, 0.1) is 0 Å². The third kappa shape index (κ3) is 6.66. The van der Waals surface area contributed by atoms with Gasteiger partial charge < -0.3 is 0 Å². The second kappa shape index (κ2) is 16.9. The van der Waals surface area contributed by atoms with Crippen molar-refractivity contribution in [1.82, 2.24) is 0 Å². The predicted octanol–water partition coefficient (Wildman–Crippen LogP) is 15.0. The molecule has 0 saturated heterocycles. The van der Waals surface area contributed by atoms with Crippen LogP contribution in [-0.4, -0.2) is 0 Å². The van der Waals surface area contributed by atoms with Crippen LogP contribution in [0.3, 0.4) is 0 Å². The second-order valence-electron chi connectivity index (χ2n) is 16.0. The molecule has 10 rings (SSSR count). The minimum Gasteiger partial charge on any atom is -0.115 e. The molecule has 0 bridgehead atoms. The third-order valence-electron chi connectivity index (χ3n) is 12.6. The summed E-state index contributed by atoms with van der Waals surface area (Å²) in [5.41, 5.74) is 16.2. The highest BCUT2D eigenvalue weighted by atomic mass is 14.2. The van der Waals surface area contributed by atoms with Gasteiger partial charge in [0.2, 0.25) is 0 Å². The quantitative estimate of drug-likeness (QED) is 0.116. The Kier molecular flexibility index (Phi) is 10.3. The Morgan fingerprint density at radius 3 is 1.27 bits per heavy atom. The SMILES string of the molecule is C#Cc1ccc(-c2c3ccccc3c(-c3ccc(-c4cccc(-c5ccc(-c6cccc(C#C)c6C#C)cc5-c5cccc(C#C)c5C#C)c4)c4ccccc34)c3ccccc23)cc1C#C. The Balaban J connectivity index is 1.17. The van der Waals surface area contributed by atoms with E-state index in [9.17, 15) is 0 Å². The second-order valence-corrected chi connectivity index (χ2v) is 16.0. The summed E-state index contributed by atoms with van der Waals surface area (Å²) < 4.78 is 0. The molecule has 0 nitrogen and oxygen atoms in total. The van der Waals surface area contributed by atoms with Gasteiger partial charge in [-0.15, -0.1) is 38.5 Å². The summed E-state index contributed by atoms with van der Waals surface area (Å²) in [4.78, 5) is 0. The summed E-state index contributed by atoms with van der Waals surface area (Å²) in [5, 5.41) is 6.83. The monoisotopic (exact) mass is 828 g/mol. The van der Waals surface area contributed by atoms with Crippen molar-refractivity contribution in [2.24, 2.45) is 0 Å². The van der Waals surface area contributed by atoms with Gasteiger partial charge in [-0.2, -0.15) is 0 Å². The van der Waals surface area contributed by atoms with E-state index >= 15 is 0 Å². The van der Waals surface area contributed by atoms with E-state index in [4.69, 9.17) is 38.5 Å². The number of terminal acetylenes is 6. The molecule has 0 atom stereocenters. The van der Waals surface area contributed by atoms with Crippen LogP contribution in [0, 0.1) is 74.1 Å². The molecule has 0 radical (unpaired) electrons. The zero-order valence-electron chi connectivity index (χ0n) is 35.8. The molecule has 0 aliphatic rings. The maximum Gasteiger partial charge on any atom is 0.0477 e. The molecule has 0 heteroatoms. The summed E-state index contributed by atoms with van der Waals surface area (Å²) in [7, 11) is 0. The van der Waals surface area contributed by atoms with E-state index in [2.05, 4.69) is 169 Å². The fraction of sp³-hybridized carbons (Fsp3) is 0. The maximum absolute atomic E-state index is 6.20. The average molecular weight is 829 g/mol. The standard InChI is InChI=1S/C66H36/c1-7-43-34-35-50(40-46(43)10-4)65-59-28-15-17-30-61(59)66(62-31-18-16-29-60(62)65)63-39-38-54(57-26-13-14-27-58(57)63)47-24-19-25-48(41-47)55-37-36-49(53-32-20-22-44(8-2)51(53)11-5)42-64(55)56-33-21-23-45(9-3)52(56)12-6/h1-6,13-42H. The normalized spacial score (nSPS) is 10.6. The van der Waals surface area contributed by atoms with E-state index in [0.717, 1.165) is 93.5 Å². The summed E-state index contributed by atoms with van der Waals surface area (Å²) in [5.74, 6) is 16.8. The van der Waals surface area contributed by atoms with Gasteiger partial charge in [0, 0.05) is 33.4 Å². The first-order valence-corrected chi connectivity index (χ1v) is 21.4. The molecule has 0 heterocycles. The van der Waals surface area contributed by atoms with Crippen molar-refractivity contribution in [3.8, 4) is 141 Å². The molecule has 10 aromatic rings. The molecule has 300 valence electrons. The van der Waals surface area contributed by atoms with Gasteiger partial charge in [-0.05, 0) is 135 Å². The van der Waals surface area contributed by atoms with Gasteiger partial charge in [-0.1, -0.05) is 181 Å². The van der Waals surface area contributed by atoms with E-state index in [1.165, 1.54) is 5.56 Å². The van der Waals surface area contributed by atoms with Crippen LogP contribution in [0.2, 0.25) is 0 Å². The number of rotatable bonds is 6. The van der Waals surface area contributed by atoms with Crippen molar-refractivity contribution in [2.45, 2.75) is 0 Å². The fourth-order valence-electron chi connectivity index (χ4n) is 9.61. The summed E-state index contributed by atoms with van der Waals surface area (Å²) in [6.07, 6.45) is 35.9. The lowest BCUT2D eigenvalue weighted by molar-refractivity contribution is 1.51. The topological polar surface area (TPSA) is 0 Å². The number of fused-ring (bicyclic) bond motifs is 3. The number of benzene rings is 10. The number of hydrogen-bond acceptors (Lipinski definition) is 0. The van der Waals surface area contributed by atoms with E-state index in [1.54, 1.807) is 0 Å². The third-order valence-corrected chi connectivity index (χ3v) is 12.6. The molecule has 0 aliphatic carbocycles. The van der Waals surface area contributed by atoms with E-state index < -0.39 is 0 Å². The van der Waals surface area contributed by atoms with Crippen LogP contribution in [0.15, 0.2) is 182 Å². The molecule has 0 aliphatic heterocycles. The highest BCUT2D eigenvalue weighted by molar-refractivity contribution is 6.24. The Morgan fingerprint density at radius 1 is 0.227 bits per heavy atom. The van der Waals surface area contributed by atoms with Crippen LogP contribution >= 0.6 is 0 Å². The minimum atomic E-state index is 0.650. The Hall–Kier alpha value is -9.66. The van der Waals surface area contributed by atoms with E-state index in [-0.39, 0.29) is 0 Å². The van der Waals surface area contributed by atoms with E-state index in [0.29, 0.717) is 33.4 Å². The summed E-state index contributed by atoms with van der Waals surface area (Å²) in [6.45, 7) is 0. The molecule has 0 aromatic heterocycles. The van der Waals surface area contributed by atoms with Gasteiger partial charge in [0.15, 0.2) is 0 Å². The molecule has 0 N–H and O–H groups in total. The zero-order valence-corrected chi connectivity index (χ0v) is 35.8. The van der Waals surface area contributed by atoms with Gasteiger partial charge in [-0.25, -0.2) is 0 Å². The van der Waals surface area contributed by atoms with Crippen molar-refractivity contribution in [1.29, 1.82) is 0 Å². The van der Waals surface area contributed by atoms with Crippen LogP contribution in [0.5, 0.6) is 0 Å². The molecular formula is C66H36. The molecule has 0 amide bonds. The lowest BCUT2D eigenvalue weighted by Gasteiger charge is -2.20. The first kappa shape index (κ1) is 40.4. The molecule has 0 unspecified atom stereocenters. The largest absolute Gasteiger partial charge is 0.115 e. The molecule has 66 heavy (non-hydrogen) atoms. The molecule has 0 saturated carbocycles. The van der Waals surface area contributed by atoms with Crippen molar-refractivity contribution in [3.05, 3.63) is 215 Å². The molecule has 0 fully saturated rings. The van der Waals surface area contributed by atoms with Gasteiger partial charge in [0.1, 0.15) is 0 Å². The van der Waals surface area contributed by atoms with Crippen molar-refractivity contribution in [2.75, 3.05) is 0 Å². The highest BCUT2D eigenvalue weighted by Crippen LogP contribution is 2.47. The van der Waals surface area contributed by atoms with Crippen LogP contribution in [0.4, 0.5) is 0 Å². The van der Waals surface area contributed by atoms with Gasteiger partial charge in [-0.3, -0.25) is 0 Å². The minimum absolute atomic E-state index is 0.650. The first-order valence-electron chi connectivity index (χ1n) is 21.4. The smallest absolute Gasteiger partial charge is 0.0477 e. The van der Waals surface area contributed by atoms with Crippen LogP contribution in [0.25, 0.3) is 99.1 Å². The lowest BCUT2D eigenvalue weighted by Crippen LogP contribution is -1.95. The van der Waals surface area contributed by atoms with Crippen molar-refractivity contribution in [3.63, 3.8) is 0 Å². The predicted molar refractivity (Wildman–Crippen MR) is 279 cm³/mol. The van der Waals surface area contributed by atoms with Crippen LogP contribution < -0.4 is 0 Å². The average Bonchev–Trinajstić information content (AvgIpc) is 3.39. The Morgan fingerprint density at radius 2 is 0.682 bits per heavy atom. The molecule has 0 spiro atoms. The number of hydrogen-bond donors (Lipinski definition) is 0. The maximum atomic E-state index is 6.20. The van der Waals surface area contributed by atoms with Gasteiger partial charge >= 0.3 is 0 Å². The zero-order chi connectivity index (χ0) is 45.3. The summed E-state index contributed by atoms with van der Waals surface area (Å²) >= 11 is 0. The van der Waals surface area contributed by atoms with Crippen molar-refractivity contribution >= 4 is 32.3 Å². The van der Waals surface area contributed by atoms with Crippen LogP contribution in [-0.2, 0) is 0 Å². The molecular weight excluding hydrogens is 793 g/mol.